The molecule has 1 unspecified atom stereocenters. The molecular weight excluding hydrogens is 420 g/mol. The fourth-order valence-electron chi connectivity index (χ4n) is 2.51. The van der Waals surface area contributed by atoms with Crippen molar-refractivity contribution in [2.24, 2.45) is 0 Å². The number of nitrogens with zero attached hydrogens (tertiary/aromatic N) is 3. The monoisotopic (exact) mass is 440 g/mol. The maximum atomic E-state index is 12.7. The zero-order chi connectivity index (χ0) is 22.6. The van der Waals surface area contributed by atoms with Gasteiger partial charge in [0, 0.05) is 0 Å². The average Bonchev–Trinajstić information content (AvgIpc) is 3.28. The van der Waals surface area contributed by atoms with Crippen molar-refractivity contribution in [2.75, 3.05) is 26.1 Å². The van der Waals surface area contributed by atoms with Crippen molar-refractivity contribution in [1.29, 1.82) is 0 Å². The van der Waals surface area contributed by atoms with Crippen molar-refractivity contribution < 1.29 is 33.5 Å². The molecule has 0 aliphatic rings. The van der Waals surface area contributed by atoms with E-state index >= 15 is 0 Å². The molecule has 0 aromatic carbocycles. The molecule has 1 amide bonds. The van der Waals surface area contributed by atoms with E-state index < -0.39 is 34.5 Å². The van der Waals surface area contributed by atoms with E-state index in [0.29, 0.717) is 5.56 Å². The van der Waals surface area contributed by atoms with Gasteiger partial charge in [-0.1, -0.05) is 0 Å². The van der Waals surface area contributed by atoms with Gasteiger partial charge in [0.2, 0.25) is 5.91 Å². The summed E-state index contributed by atoms with van der Waals surface area (Å²) < 4.78 is 15.6. The maximum absolute atomic E-state index is 12.7. The first-order valence-electron chi connectivity index (χ1n) is 8.63. The highest BCUT2D eigenvalue weighted by Crippen LogP contribution is 2.35. The molecule has 2 heterocycles. The van der Waals surface area contributed by atoms with Crippen LogP contribution in [0.4, 0.5) is 10.7 Å². The van der Waals surface area contributed by atoms with Crippen molar-refractivity contribution in [1.82, 2.24) is 9.78 Å². The van der Waals surface area contributed by atoms with Crippen molar-refractivity contribution in [3.05, 3.63) is 32.3 Å². The van der Waals surface area contributed by atoms with E-state index in [1.807, 2.05) is 0 Å². The lowest BCUT2D eigenvalue weighted by atomic mass is 10.1. The van der Waals surface area contributed by atoms with E-state index in [4.69, 9.17) is 14.2 Å². The Labute approximate surface area is 174 Å². The second kappa shape index (κ2) is 9.35. The summed E-state index contributed by atoms with van der Waals surface area (Å²) in [5.41, 5.74) is -0.0660. The summed E-state index contributed by atoms with van der Waals surface area (Å²) in [6.07, 6.45) is 1.06. The molecule has 0 spiro atoms. The number of nitrogens with one attached hydrogen (secondary N) is 1. The van der Waals surface area contributed by atoms with Gasteiger partial charge in [-0.05, 0) is 26.3 Å². The third-order valence-electron chi connectivity index (χ3n) is 4.08. The van der Waals surface area contributed by atoms with Crippen LogP contribution in [0.3, 0.4) is 0 Å². The molecule has 0 saturated heterocycles. The molecule has 0 bridgehead atoms. The molecule has 0 saturated carbocycles. The van der Waals surface area contributed by atoms with Gasteiger partial charge in [0.05, 0.1) is 31.3 Å². The number of rotatable bonds is 8. The Morgan fingerprint density at radius 3 is 2.50 bits per heavy atom. The smallest absolute Gasteiger partial charge is 0.350 e. The molecule has 13 heteroatoms. The van der Waals surface area contributed by atoms with Crippen LogP contribution in [0, 0.1) is 17.0 Å². The zero-order valence-corrected chi connectivity index (χ0v) is 17.7. The third-order valence-corrected chi connectivity index (χ3v) is 5.27. The standard InChI is InChI=1S/C17H20N4O8S/c1-6-29-17(24)12-8(2)11(16(23)28-5)15(30-12)18-13(22)9(3)20-7-10(21(25)26)14(19-20)27-4/h7,9H,6H2,1-5H3,(H,18,22). The summed E-state index contributed by atoms with van der Waals surface area (Å²) in [5.74, 6) is -2.24. The minimum Gasteiger partial charge on any atom is -0.475 e. The van der Waals surface area contributed by atoms with Crippen LogP contribution in [0.25, 0.3) is 0 Å². The molecule has 12 nitrogen and oxygen atoms in total. The number of esters is 2. The minimum absolute atomic E-state index is 0.0233. The van der Waals surface area contributed by atoms with Crippen LogP contribution in [0.15, 0.2) is 6.20 Å². The number of aromatic nitrogens is 2. The van der Waals surface area contributed by atoms with Crippen molar-refractivity contribution in [2.45, 2.75) is 26.8 Å². The Hall–Kier alpha value is -3.48. The number of amides is 1. The number of hydrogen-bond acceptors (Lipinski definition) is 10. The first-order chi connectivity index (χ1) is 14.2. The first-order valence-corrected chi connectivity index (χ1v) is 9.45. The minimum atomic E-state index is -0.994. The Kier molecular flexibility index (Phi) is 7.10. The largest absolute Gasteiger partial charge is 0.475 e. The van der Waals surface area contributed by atoms with Crippen LogP contribution in [0.2, 0.25) is 0 Å². The maximum Gasteiger partial charge on any atom is 0.350 e. The molecule has 2 rings (SSSR count). The quantitative estimate of drug-likeness (QED) is 0.370. The van der Waals surface area contributed by atoms with Crippen LogP contribution in [-0.2, 0) is 14.3 Å². The van der Waals surface area contributed by atoms with Gasteiger partial charge in [-0.2, -0.15) is 0 Å². The van der Waals surface area contributed by atoms with Crippen molar-refractivity contribution in [3.63, 3.8) is 0 Å². The average molecular weight is 440 g/mol. The van der Waals surface area contributed by atoms with Gasteiger partial charge in [0.15, 0.2) is 0 Å². The number of thiophene rings is 1. The van der Waals surface area contributed by atoms with Crippen molar-refractivity contribution in [3.8, 4) is 5.88 Å². The highest BCUT2D eigenvalue weighted by atomic mass is 32.1. The number of carbonyl (C=O) groups excluding carboxylic acids is 3. The second-order valence-electron chi connectivity index (χ2n) is 5.90. The van der Waals surface area contributed by atoms with Gasteiger partial charge < -0.3 is 19.5 Å². The summed E-state index contributed by atoms with van der Waals surface area (Å²) in [4.78, 5) is 47.6. The predicted octanol–water partition coefficient (Wildman–Crippen LogP) is 2.33. The normalized spacial score (nSPS) is 11.5. The van der Waals surface area contributed by atoms with Crippen LogP contribution < -0.4 is 10.1 Å². The van der Waals surface area contributed by atoms with E-state index in [1.54, 1.807) is 6.92 Å². The van der Waals surface area contributed by atoms with Crippen LogP contribution in [-0.4, -0.2) is 53.4 Å². The summed E-state index contributed by atoms with van der Waals surface area (Å²) >= 11 is 0.867. The van der Waals surface area contributed by atoms with Gasteiger partial charge in [0.25, 0.3) is 0 Å². The van der Waals surface area contributed by atoms with Gasteiger partial charge in [0.1, 0.15) is 22.1 Å². The van der Waals surface area contributed by atoms with Crippen LogP contribution in [0.1, 0.15) is 45.5 Å². The van der Waals surface area contributed by atoms with Gasteiger partial charge in [-0.25, -0.2) is 14.3 Å². The number of ether oxygens (including phenoxy) is 3. The summed E-state index contributed by atoms with van der Waals surface area (Å²) in [6.45, 7) is 4.78. The summed E-state index contributed by atoms with van der Waals surface area (Å²) in [6, 6.07) is -0.994. The molecule has 2 aromatic rings. The molecule has 162 valence electrons. The SMILES string of the molecule is CCOC(=O)c1sc(NC(=O)C(C)n2cc([N+](=O)[O-])c(OC)n2)c(C(=O)OC)c1C. The molecule has 2 aromatic heterocycles. The molecule has 1 N–H and O–H groups in total. The highest BCUT2D eigenvalue weighted by Gasteiger charge is 2.30. The fraction of sp³-hybridized carbons (Fsp3) is 0.412. The highest BCUT2D eigenvalue weighted by molar-refractivity contribution is 7.18. The lowest BCUT2D eigenvalue weighted by Crippen LogP contribution is -2.24. The predicted molar refractivity (Wildman–Crippen MR) is 105 cm³/mol. The number of methoxy groups -OCH3 is 2. The van der Waals surface area contributed by atoms with E-state index in [0.717, 1.165) is 22.2 Å². The molecule has 1 atom stereocenters. The van der Waals surface area contributed by atoms with E-state index in [2.05, 4.69) is 10.4 Å². The molecule has 0 radical (unpaired) electrons. The second-order valence-corrected chi connectivity index (χ2v) is 6.92. The zero-order valence-electron chi connectivity index (χ0n) is 16.9. The van der Waals surface area contributed by atoms with Crippen LogP contribution >= 0.6 is 11.3 Å². The van der Waals surface area contributed by atoms with Gasteiger partial charge in [-0.3, -0.25) is 14.9 Å². The summed E-state index contributed by atoms with van der Waals surface area (Å²) in [7, 11) is 2.39. The Morgan fingerprint density at radius 2 is 2.00 bits per heavy atom. The Balaban J connectivity index is 2.37. The lowest BCUT2D eigenvalue weighted by molar-refractivity contribution is -0.385. The Bertz CT molecular complexity index is 996. The van der Waals surface area contributed by atoms with E-state index in [-0.39, 0.29) is 27.9 Å². The third kappa shape index (κ3) is 4.40. The number of anilines is 1. The number of nitro groups is 1. The van der Waals surface area contributed by atoms with Crippen LogP contribution in [0.5, 0.6) is 5.88 Å². The lowest BCUT2D eigenvalue weighted by Gasteiger charge is -2.12. The van der Waals surface area contributed by atoms with Gasteiger partial charge >= 0.3 is 23.5 Å². The first kappa shape index (κ1) is 22.8. The molecule has 0 aliphatic carbocycles. The Morgan fingerprint density at radius 1 is 1.33 bits per heavy atom. The number of carbonyl (C=O) groups is 3. The molecule has 0 fully saturated rings. The molecular formula is C17H20N4O8S. The fourth-order valence-corrected chi connectivity index (χ4v) is 3.60. The van der Waals surface area contributed by atoms with E-state index in [1.165, 1.54) is 28.1 Å². The number of hydrogen-bond donors (Lipinski definition) is 1. The van der Waals surface area contributed by atoms with Crippen molar-refractivity contribution >= 4 is 39.9 Å². The van der Waals surface area contributed by atoms with E-state index in [9.17, 15) is 24.5 Å². The topological polar surface area (TPSA) is 152 Å². The molecule has 0 aliphatic heterocycles. The molecule has 30 heavy (non-hydrogen) atoms. The van der Waals surface area contributed by atoms with Gasteiger partial charge in [-0.15, -0.1) is 16.4 Å². The summed E-state index contributed by atoms with van der Waals surface area (Å²) in [5, 5.41) is 17.6.